The highest BCUT2D eigenvalue weighted by atomic mass is 19.4. The molecule has 0 aliphatic carbocycles. The molecule has 0 radical (unpaired) electrons. The molecule has 0 aliphatic rings. The maximum atomic E-state index is 12.4. The first-order valence-electron chi connectivity index (χ1n) is 4.64. The van der Waals surface area contributed by atoms with Gasteiger partial charge in [-0.3, -0.25) is 0 Å². The number of nitrogens with zero attached hydrogens (tertiary/aromatic N) is 2. The molecule has 2 aromatic rings. The molecule has 0 aliphatic heterocycles. The second-order valence-electron chi connectivity index (χ2n) is 3.47. The lowest BCUT2D eigenvalue weighted by Crippen LogP contribution is -2.16. The van der Waals surface area contributed by atoms with Crippen molar-refractivity contribution >= 4 is 11.5 Å². The van der Waals surface area contributed by atoms with Crippen LogP contribution in [0.5, 0.6) is 0 Å². The Kier molecular flexibility index (Phi) is 2.53. The Morgan fingerprint density at radius 3 is 2.76 bits per heavy atom. The molecule has 2 aromatic heterocycles. The summed E-state index contributed by atoms with van der Waals surface area (Å²) in [4.78, 5) is 10.9. The van der Waals surface area contributed by atoms with Crippen LogP contribution in [0.4, 0.5) is 13.2 Å². The molecule has 90 valence electrons. The van der Waals surface area contributed by atoms with Gasteiger partial charge in [0.1, 0.15) is 0 Å². The second kappa shape index (κ2) is 3.76. The smallest absolute Gasteiger partial charge is 0.393 e. The van der Waals surface area contributed by atoms with Crippen LogP contribution in [0, 0.1) is 0 Å². The van der Waals surface area contributed by atoms with Gasteiger partial charge in [-0.05, 0) is 12.1 Å². The molecular weight excluding hydrogens is 237 g/mol. The Bertz CT molecular complexity index is 574. The molecule has 0 unspecified atom stereocenters. The van der Waals surface area contributed by atoms with Crippen molar-refractivity contribution in [1.29, 1.82) is 0 Å². The zero-order valence-electron chi connectivity index (χ0n) is 8.40. The van der Waals surface area contributed by atoms with E-state index in [0.717, 1.165) is 6.20 Å². The summed E-state index contributed by atoms with van der Waals surface area (Å²) < 4.78 is 38.4. The minimum atomic E-state index is -4.46. The Labute approximate surface area is 93.3 Å². The average Bonchev–Trinajstić information content (AvgIpc) is 2.63. The standard InChI is InChI=1S/C10H7F3N2O2/c11-10(12,13)4-6-7(9(16)17)5-14-15-3-1-2-8(6)15/h1-3,5H,4H2,(H,16,17). The van der Waals surface area contributed by atoms with Crippen LogP contribution in [-0.4, -0.2) is 26.9 Å². The predicted molar refractivity (Wildman–Crippen MR) is 51.9 cm³/mol. The number of halogens is 3. The van der Waals surface area contributed by atoms with Crippen LogP contribution in [0.2, 0.25) is 0 Å². The second-order valence-corrected chi connectivity index (χ2v) is 3.47. The van der Waals surface area contributed by atoms with Gasteiger partial charge in [0.15, 0.2) is 0 Å². The van der Waals surface area contributed by atoms with Gasteiger partial charge in [0, 0.05) is 11.8 Å². The number of carboxylic acids is 1. The van der Waals surface area contributed by atoms with E-state index in [1.165, 1.54) is 22.8 Å². The number of fused-ring (bicyclic) bond motifs is 1. The highest BCUT2D eigenvalue weighted by molar-refractivity contribution is 5.91. The molecule has 4 nitrogen and oxygen atoms in total. The van der Waals surface area contributed by atoms with Gasteiger partial charge in [0.25, 0.3) is 0 Å². The van der Waals surface area contributed by atoms with Crippen LogP contribution in [0.1, 0.15) is 15.9 Å². The van der Waals surface area contributed by atoms with Crippen LogP contribution < -0.4 is 0 Å². The fraction of sp³-hybridized carbons (Fsp3) is 0.200. The summed E-state index contributed by atoms with van der Waals surface area (Å²) in [5.41, 5.74) is -0.541. The van der Waals surface area contributed by atoms with E-state index in [-0.39, 0.29) is 11.1 Å². The molecule has 0 fully saturated rings. The van der Waals surface area contributed by atoms with Gasteiger partial charge in [-0.1, -0.05) is 0 Å². The largest absolute Gasteiger partial charge is 0.478 e. The summed E-state index contributed by atoms with van der Waals surface area (Å²) in [5.74, 6) is -1.42. The van der Waals surface area contributed by atoms with E-state index in [1.807, 2.05) is 0 Å². The van der Waals surface area contributed by atoms with E-state index < -0.39 is 24.1 Å². The number of alkyl halides is 3. The van der Waals surface area contributed by atoms with Gasteiger partial charge < -0.3 is 5.11 Å². The number of aromatic carboxylic acids is 1. The van der Waals surface area contributed by atoms with Gasteiger partial charge >= 0.3 is 12.1 Å². The molecule has 0 bridgehead atoms. The van der Waals surface area contributed by atoms with Crippen molar-refractivity contribution in [3.05, 3.63) is 35.7 Å². The Morgan fingerprint density at radius 2 is 2.18 bits per heavy atom. The molecule has 0 saturated heterocycles. The summed E-state index contributed by atoms with van der Waals surface area (Å²) in [7, 11) is 0. The third kappa shape index (κ3) is 2.22. The predicted octanol–water partition coefficient (Wildman–Crippen LogP) is 2.14. The van der Waals surface area contributed by atoms with Crippen molar-refractivity contribution < 1.29 is 23.1 Å². The Balaban J connectivity index is 2.65. The van der Waals surface area contributed by atoms with E-state index in [4.69, 9.17) is 5.11 Å². The maximum absolute atomic E-state index is 12.4. The van der Waals surface area contributed by atoms with Gasteiger partial charge in [-0.25, -0.2) is 9.31 Å². The summed E-state index contributed by atoms with van der Waals surface area (Å²) in [6.45, 7) is 0. The van der Waals surface area contributed by atoms with Gasteiger partial charge in [-0.2, -0.15) is 18.3 Å². The first-order chi connectivity index (χ1) is 7.88. The minimum absolute atomic E-state index is 0.155. The Hall–Kier alpha value is -2.05. The number of aromatic nitrogens is 2. The summed E-state index contributed by atoms with van der Waals surface area (Å²) in [6.07, 6.45) is -3.36. The fourth-order valence-electron chi connectivity index (χ4n) is 1.62. The molecule has 17 heavy (non-hydrogen) atoms. The van der Waals surface area contributed by atoms with E-state index in [0.29, 0.717) is 0 Å². The van der Waals surface area contributed by atoms with Crippen LogP contribution in [0.25, 0.3) is 5.52 Å². The van der Waals surface area contributed by atoms with E-state index in [1.54, 1.807) is 0 Å². The zero-order chi connectivity index (χ0) is 12.6. The van der Waals surface area contributed by atoms with Crippen molar-refractivity contribution in [3.8, 4) is 0 Å². The average molecular weight is 244 g/mol. The summed E-state index contributed by atoms with van der Waals surface area (Å²) in [5, 5.41) is 12.6. The Morgan fingerprint density at radius 1 is 1.47 bits per heavy atom. The molecule has 1 N–H and O–H groups in total. The highest BCUT2D eigenvalue weighted by Crippen LogP contribution is 2.26. The SMILES string of the molecule is O=C(O)c1cnn2cccc2c1CC(F)(F)F. The molecule has 0 amide bonds. The molecule has 0 spiro atoms. The lowest BCUT2D eigenvalue weighted by molar-refractivity contribution is -0.127. The van der Waals surface area contributed by atoms with Crippen molar-refractivity contribution in [2.75, 3.05) is 0 Å². The monoisotopic (exact) mass is 244 g/mol. The summed E-state index contributed by atoms with van der Waals surface area (Å²) in [6, 6.07) is 2.91. The summed E-state index contributed by atoms with van der Waals surface area (Å²) >= 11 is 0. The van der Waals surface area contributed by atoms with Crippen LogP contribution in [-0.2, 0) is 6.42 Å². The maximum Gasteiger partial charge on any atom is 0.393 e. The molecule has 0 aromatic carbocycles. The molecule has 7 heteroatoms. The first-order valence-corrected chi connectivity index (χ1v) is 4.64. The molecule has 2 heterocycles. The van der Waals surface area contributed by atoms with Crippen molar-refractivity contribution in [2.24, 2.45) is 0 Å². The van der Waals surface area contributed by atoms with Gasteiger partial charge in [-0.15, -0.1) is 0 Å². The molecule has 0 saturated carbocycles. The zero-order valence-corrected chi connectivity index (χ0v) is 8.40. The fourth-order valence-corrected chi connectivity index (χ4v) is 1.62. The van der Waals surface area contributed by atoms with Crippen LogP contribution >= 0.6 is 0 Å². The lowest BCUT2D eigenvalue weighted by Gasteiger charge is -2.10. The molecule has 0 atom stereocenters. The number of rotatable bonds is 2. The molecular formula is C10H7F3N2O2. The highest BCUT2D eigenvalue weighted by Gasteiger charge is 2.31. The van der Waals surface area contributed by atoms with Gasteiger partial charge in [0.2, 0.25) is 0 Å². The normalized spacial score (nSPS) is 11.9. The van der Waals surface area contributed by atoms with Crippen molar-refractivity contribution in [1.82, 2.24) is 9.61 Å². The third-order valence-corrected chi connectivity index (χ3v) is 2.28. The number of carbonyl (C=O) groups is 1. The molecule has 2 rings (SSSR count). The lowest BCUT2D eigenvalue weighted by atomic mass is 10.1. The van der Waals surface area contributed by atoms with E-state index in [9.17, 15) is 18.0 Å². The minimum Gasteiger partial charge on any atom is -0.478 e. The quantitative estimate of drug-likeness (QED) is 0.880. The van der Waals surface area contributed by atoms with Gasteiger partial charge in [0.05, 0.1) is 23.7 Å². The number of hydrogen-bond acceptors (Lipinski definition) is 2. The third-order valence-electron chi connectivity index (χ3n) is 2.28. The topological polar surface area (TPSA) is 54.6 Å². The first kappa shape index (κ1) is 11.4. The van der Waals surface area contributed by atoms with E-state index in [2.05, 4.69) is 5.10 Å². The van der Waals surface area contributed by atoms with Crippen molar-refractivity contribution in [2.45, 2.75) is 12.6 Å². The number of carboxylic acid groups (broad SMARTS) is 1. The van der Waals surface area contributed by atoms with Crippen molar-refractivity contribution in [3.63, 3.8) is 0 Å². The van der Waals surface area contributed by atoms with Crippen LogP contribution in [0.15, 0.2) is 24.5 Å². The van der Waals surface area contributed by atoms with Crippen LogP contribution in [0.3, 0.4) is 0 Å². The number of hydrogen-bond donors (Lipinski definition) is 1. The van der Waals surface area contributed by atoms with E-state index >= 15 is 0 Å².